The van der Waals surface area contributed by atoms with Crippen molar-refractivity contribution in [3.63, 3.8) is 0 Å². The van der Waals surface area contributed by atoms with E-state index in [9.17, 15) is 9.59 Å². The molecule has 2 aliphatic rings. The Morgan fingerprint density at radius 2 is 1.53 bits per heavy atom. The van der Waals surface area contributed by atoms with E-state index in [0.717, 1.165) is 58.6 Å². The molecular weight excluding hydrogens is 422 g/mol. The lowest BCUT2D eigenvalue weighted by atomic mass is 9.98. The second kappa shape index (κ2) is 8.56. The molecule has 34 heavy (non-hydrogen) atoms. The molecule has 0 spiro atoms. The van der Waals surface area contributed by atoms with E-state index in [-0.39, 0.29) is 23.8 Å². The molecule has 1 saturated carbocycles. The molecule has 5 nitrogen and oxygen atoms in total. The largest absolute Gasteiger partial charge is 0.353 e. The quantitative estimate of drug-likeness (QED) is 0.467. The van der Waals surface area contributed by atoms with Gasteiger partial charge in [-0.2, -0.15) is 0 Å². The Kier molecular flexibility index (Phi) is 5.25. The topological polar surface area (TPSA) is 62.3 Å². The molecule has 0 atom stereocenters. The molecule has 0 bridgehead atoms. The van der Waals surface area contributed by atoms with E-state index in [4.69, 9.17) is 4.98 Å². The van der Waals surface area contributed by atoms with Crippen LogP contribution in [0.2, 0.25) is 0 Å². The van der Waals surface area contributed by atoms with Crippen LogP contribution in [-0.2, 0) is 4.79 Å². The number of nitrogens with zero attached hydrogens (tertiary/aromatic N) is 2. The van der Waals surface area contributed by atoms with E-state index >= 15 is 0 Å². The Hall–Kier alpha value is -3.73. The second-order valence-corrected chi connectivity index (χ2v) is 9.45. The van der Waals surface area contributed by atoms with Crippen LogP contribution in [0.15, 0.2) is 72.8 Å². The van der Waals surface area contributed by atoms with Gasteiger partial charge in [0.2, 0.25) is 5.91 Å². The number of likely N-dealkylation sites (tertiary alicyclic amines) is 1. The monoisotopic (exact) mass is 449 g/mol. The third-order valence-electron chi connectivity index (χ3n) is 7.09. The molecule has 4 aromatic rings. The van der Waals surface area contributed by atoms with Crippen molar-refractivity contribution in [3.8, 4) is 11.3 Å². The maximum absolute atomic E-state index is 13.7. The van der Waals surface area contributed by atoms with Gasteiger partial charge in [0.15, 0.2) is 0 Å². The van der Waals surface area contributed by atoms with Gasteiger partial charge in [0.25, 0.3) is 5.91 Å². The lowest BCUT2D eigenvalue weighted by molar-refractivity contribution is -0.123. The van der Waals surface area contributed by atoms with Crippen molar-refractivity contribution < 1.29 is 9.59 Å². The van der Waals surface area contributed by atoms with Crippen LogP contribution in [0.25, 0.3) is 32.9 Å². The predicted molar refractivity (Wildman–Crippen MR) is 134 cm³/mol. The molecule has 1 aromatic heterocycles. The first-order valence-electron chi connectivity index (χ1n) is 12.1. The minimum absolute atomic E-state index is 0.0343. The van der Waals surface area contributed by atoms with E-state index in [0.29, 0.717) is 18.7 Å². The number of hydrogen-bond acceptors (Lipinski definition) is 3. The number of amides is 2. The van der Waals surface area contributed by atoms with E-state index in [1.807, 2.05) is 53.4 Å². The second-order valence-electron chi connectivity index (χ2n) is 9.45. The van der Waals surface area contributed by atoms with Crippen molar-refractivity contribution in [1.29, 1.82) is 0 Å². The van der Waals surface area contributed by atoms with Gasteiger partial charge in [-0.05, 0) is 48.6 Å². The van der Waals surface area contributed by atoms with Crippen molar-refractivity contribution in [1.82, 2.24) is 15.2 Å². The third kappa shape index (κ3) is 3.92. The molecule has 2 amide bonds. The number of carbonyl (C=O) groups excluding carboxylic acids is 2. The lowest BCUT2D eigenvalue weighted by Gasteiger charge is -2.32. The average molecular weight is 450 g/mol. The minimum atomic E-state index is 0.0343. The molecule has 2 fully saturated rings. The molecule has 1 aliphatic heterocycles. The maximum atomic E-state index is 13.7. The maximum Gasteiger partial charge on any atom is 0.254 e. The summed E-state index contributed by atoms with van der Waals surface area (Å²) in [6.45, 7) is 1.30. The standard InChI is InChI=1S/C29H27N3O2/c33-28(20-12-13-20)30-21-14-16-32(17-15-21)29(34)25-18-27(31-26-11-4-3-9-24(25)26)23-10-5-7-19-6-1-2-8-22(19)23/h1-11,18,20-21H,12-17H2,(H,30,33). The van der Waals surface area contributed by atoms with Gasteiger partial charge in [0, 0.05) is 36.0 Å². The van der Waals surface area contributed by atoms with Crippen LogP contribution < -0.4 is 5.32 Å². The van der Waals surface area contributed by atoms with Crippen LogP contribution >= 0.6 is 0 Å². The summed E-state index contributed by atoms with van der Waals surface area (Å²) in [4.78, 5) is 32.7. The van der Waals surface area contributed by atoms with Crippen LogP contribution in [0.4, 0.5) is 0 Å². The lowest BCUT2D eigenvalue weighted by Crippen LogP contribution is -2.47. The van der Waals surface area contributed by atoms with Gasteiger partial charge >= 0.3 is 0 Å². The van der Waals surface area contributed by atoms with Crippen molar-refractivity contribution in [2.24, 2.45) is 5.92 Å². The molecule has 170 valence electrons. The summed E-state index contributed by atoms with van der Waals surface area (Å²) < 4.78 is 0. The molecule has 1 N–H and O–H groups in total. The van der Waals surface area contributed by atoms with Gasteiger partial charge in [0.1, 0.15) is 0 Å². The first kappa shape index (κ1) is 20.8. The first-order valence-corrected chi connectivity index (χ1v) is 12.1. The fraction of sp³-hybridized carbons (Fsp3) is 0.276. The SMILES string of the molecule is O=C(NC1CCN(C(=O)c2cc(-c3cccc4ccccc34)nc3ccccc23)CC1)C1CC1. The van der Waals surface area contributed by atoms with Gasteiger partial charge in [-0.15, -0.1) is 0 Å². The van der Waals surface area contributed by atoms with Crippen LogP contribution in [0.1, 0.15) is 36.0 Å². The van der Waals surface area contributed by atoms with E-state index < -0.39 is 0 Å². The molecule has 6 rings (SSSR count). The molecule has 1 saturated heterocycles. The number of carbonyl (C=O) groups is 2. The number of hydrogen-bond donors (Lipinski definition) is 1. The minimum Gasteiger partial charge on any atom is -0.353 e. The summed E-state index contributed by atoms with van der Waals surface area (Å²) in [6, 6.07) is 24.5. The predicted octanol–water partition coefficient (Wildman–Crippen LogP) is 5.19. The molecule has 3 aromatic carbocycles. The van der Waals surface area contributed by atoms with Gasteiger partial charge in [-0.1, -0.05) is 60.7 Å². The number of piperidine rings is 1. The molecule has 2 heterocycles. The normalized spacial score (nSPS) is 16.6. The van der Waals surface area contributed by atoms with Crippen molar-refractivity contribution in [3.05, 3.63) is 78.4 Å². The Balaban J connectivity index is 1.32. The Morgan fingerprint density at radius 3 is 2.32 bits per heavy atom. The summed E-state index contributed by atoms with van der Waals surface area (Å²) in [6.07, 6.45) is 3.61. The number of rotatable bonds is 4. The fourth-order valence-electron chi connectivity index (χ4n) is 5.00. The van der Waals surface area contributed by atoms with Crippen molar-refractivity contribution >= 4 is 33.5 Å². The third-order valence-corrected chi connectivity index (χ3v) is 7.09. The smallest absolute Gasteiger partial charge is 0.254 e. The van der Waals surface area contributed by atoms with E-state index in [2.05, 4.69) is 29.6 Å². The van der Waals surface area contributed by atoms with Crippen molar-refractivity contribution in [2.75, 3.05) is 13.1 Å². The highest BCUT2D eigenvalue weighted by Gasteiger charge is 2.32. The van der Waals surface area contributed by atoms with Gasteiger partial charge in [-0.3, -0.25) is 9.59 Å². The zero-order valence-corrected chi connectivity index (χ0v) is 19.0. The highest BCUT2D eigenvalue weighted by Crippen LogP contribution is 2.32. The zero-order valence-electron chi connectivity index (χ0n) is 19.0. The molecule has 5 heteroatoms. The van der Waals surface area contributed by atoms with Crippen LogP contribution in [-0.4, -0.2) is 40.8 Å². The Morgan fingerprint density at radius 1 is 0.824 bits per heavy atom. The van der Waals surface area contributed by atoms with Gasteiger partial charge in [-0.25, -0.2) is 4.98 Å². The number of pyridine rings is 1. The summed E-state index contributed by atoms with van der Waals surface area (Å²) in [7, 11) is 0. The number of fused-ring (bicyclic) bond motifs is 2. The Bertz CT molecular complexity index is 1400. The number of aromatic nitrogens is 1. The summed E-state index contributed by atoms with van der Waals surface area (Å²) >= 11 is 0. The molecule has 1 aliphatic carbocycles. The Labute approximate surface area is 198 Å². The molecule has 0 unspecified atom stereocenters. The van der Waals surface area contributed by atoms with Gasteiger partial charge in [0.05, 0.1) is 16.8 Å². The first-order chi connectivity index (χ1) is 16.7. The molecular formula is C29H27N3O2. The number of benzene rings is 3. The number of nitrogens with one attached hydrogen (secondary N) is 1. The average Bonchev–Trinajstić information content (AvgIpc) is 3.74. The van der Waals surface area contributed by atoms with Crippen LogP contribution in [0.3, 0.4) is 0 Å². The summed E-state index contributed by atoms with van der Waals surface area (Å²) in [5.74, 6) is 0.437. The van der Waals surface area contributed by atoms with Crippen LogP contribution in [0, 0.1) is 5.92 Å². The van der Waals surface area contributed by atoms with E-state index in [1.165, 1.54) is 0 Å². The zero-order chi connectivity index (χ0) is 23.1. The number of para-hydroxylation sites is 1. The van der Waals surface area contributed by atoms with Gasteiger partial charge < -0.3 is 10.2 Å². The van der Waals surface area contributed by atoms with Crippen LogP contribution in [0.5, 0.6) is 0 Å². The highest BCUT2D eigenvalue weighted by atomic mass is 16.2. The van der Waals surface area contributed by atoms with E-state index in [1.54, 1.807) is 0 Å². The van der Waals surface area contributed by atoms with Crippen molar-refractivity contribution in [2.45, 2.75) is 31.7 Å². The summed E-state index contributed by atoms with van der Waals surface area (Å²) in [5, 5.41) is 6.32. The molecule has 0 radical (unpaired) electrons. The summed E-state index contributed by atoms with van der Waals surface area (Å²) in [5.41, 5.74) is 3.35. The highest BCUT2D eigenvalue weighted by molar-refractivity contribution is 6.08. The fourth-order valence-corrected chi connectivity index (χ4v) is 5.00.